The monoisotopic (exact) mass is 416 g/mol. The lowest BCUT2D eigenvalue weighted by Crippen LogP contribution is -2.26. The molecule has 1 N–H and O–H groups in total. The number of benzene rings is 2. The number of rotatable bonds is 6. The van der Waals surface area contributed by atoms with Crippen LogP contribution >= 0.6 is 11.8 Å². The molecule has 2 amide bonds. The summed E-state index contributed by atoms with van der Waals surface area (Å²) >= 11 is 0.309. The van der Waals surface area contributed by atoms with Crippen LogP contribution in [0.3, 0.4) is 0 Å². The van der Waals surface area contributed by atoms with Crippen molar-refractivity contribution in [3.05, 3.63) is 48.5 Å². The number of carbonyl (C=O) groups is 2. The molecule has 29 heavy (non-hydrogen) atoms. The van der Waals surface area contributed by atoms with Crippen molar-refractivity contribution < 1.29 is 18.4 Å². The molecule has 0 aliphatic carbocycles. The lowest BCUT2D eigenvalue weighted by atomic mass is 10.2. The number of aromatic nitrogens is 2. The predicted molar refractivity (Wildman–Crippen MR) is 108 cm³/mol. The van der Waals surface area contributed by atoms with Crippen molar-refractivity contribution in [1.29, 1.82) is 0 Å². The molecule has 6 nitrogen and oxygen atoms in total. The quantitative estimate of drug-likeness (QED) is 0.614. The number of anilines is 2. The van der Waals surface area contributed by atoms with Gasteiger partial charge in [0, 0.05) is 13.0 Å². The van der Waals surface area contributed by atoms with E-state index in [1.807, 2.05) is 0 Å². The number of carbonyl (C=O) groups excluding carboxylic acids is 2. The number of nitrogens with one attached hydrogen (secondary N) is 1. The maximum atomic E-state index is 12.9. The molecule has 3 aromatic rings. The number of hydrogen-bond donors (Lipinski definition) is 1. The van der Waals surface area contributed by atoms with E-state index in [2.05, 4.69) is 10.3 Å². The van der Waals surface area contributed by atoms with E-state index >= 15 is 0 Å². The highest BCUT2D eigenvalue weighted by Gasteiger charge is 2.24. The first-order valence-corrected chi connectivity index (χ1v) is 10.0. The number of para-hydroxylation sites is 4. The van der Waals surface area contributed by atoms with Gasteiger partial charge >= 0.3 is 0 Å². The van der Waals surface area contributed by atoms with E-state index in [1.165, 1.54) is 4.57 Å². The zero-order valence-electron chi connectivity index (χ0n) is 15.3. The third-order valence-electron chi connectivity index (χ3n) is 4.66. The van der Waals surface area contributed by atoms with Crippen LogP contribution in [0.15, 0.2) is 53.7 Å². The topological polar surface area (TPSA) is 67.2 Å². The summed E-state index contributed by atoms with van der Waals surface area (Å²) in [5.74, 6) is -3.01. The summed E-state index contributed by atoms with van der Waals surface area (Å²) < 4.78 is 27.4. The van der Waals surface area contributed by atoms with E-state index in [0.29, 0.717) is 47.1 Å². The minimum atomic E-state index is -2.64. The molecule has 0 radical (unpaired) electrons. The Morgan fingerprint density at radius 3 is 2.69 bits per heavy atom. The van der Waals surface area contributed by atoms with Crippen LogP contribution < -0.4 is 10.2 Å². The molecule has 9 heteroatoms. The van der Waals surface area contributed by atoms with E-state index in [4.69, 9.17) is 0 Å². The van der Waals surface area contributed by atoms with Crippen LogP contribution in [0.5, 0.6) is 0 Å². The highest BCUT2D eigenvalue weighted by molar-refractivity contribution is 7.99. The molecule has 1 aliphatic rings. The van der Waals surface area contributed by atoms with Gasteiger partial charge in [-0.05, 0) is 42.4 Å². The molecule has 1 fully saturated rings. The number of thioether (sulfide) groups is 1. The van der Waals surface area contributed by atoms with Crippen LogP contribution in [-0.2, 0) is 16.1 Å². The molecule has 4 rings (SSSR count). The lowest BCUT2D eigenvalue weighted by molar-refractivity contribution is -0.117. The fourth-order valence-electron chi connectivity index (χ4n) is 3.43. The molecule has 1 aliphatic heterocycles. The number of hydrogen-bond acceptors (Lipinski definition) is 4. The Morgan fingerprint density at radius 2 is 1.93 bits per heavy atom. The molecule has 0 atom stereocenters. The summed E-state index contributed by atoms with van der Waals surface area (Å²) in [5.41, 5.74) is 2.31. The number of amides is 2. The number of alkyl halides is 2. The van der Waals surface area contributed by atoms with Crippen LogP contribution in [0.1, 0.15) is 12.8 Å². The van der Waals surface area contributed by atoms with Gasteiger partial charge in [0.1, 0.15) is 6.54 Å². The van der Waals surface area contributed by atoms with Gasteiger partial charge in [-0.2, -0.15) is 8.78 Å². The van der Waals surface area contributed by atoms with E-state index in [9.17, 15) is 18.4 Å². The van der Waals surface area contributed by atoms with Crippen LogP contribution in [0, 0.1) is 0 Å². The van der Waals surface area contributed by atoms with Crippen LogP contribution in [-0.4, -0.2) is 33.7 Å². The van der Waals surface area contributed by atoms with Crippen LogP contribution in [0.25, 0.3) is 11.0 Å². The zero-order chi connectivity index (χ0) is 20.4. The van der Waals surface area contributed by atoms with Crippen molar-refractivity contribution in [2.75, 3.05) is 16.8 Å². The average Bonchev–Trinajstić information content (AvgIpc) is 3.26. The molecule has 0 unspecified atom stereocenters. The van der Waals surface area contributed by atoms with E-state index in [1.54, 1.807) is 53.4 Å². The standard InChI is InChI=1S/C20H18F2N4O2S/c21-19(22)29-20-24-14-7-2-4-9-16(14)26(20)12-17(27)23-13-6-1-3-8-15(13)25-11-5-10-18(25)28/h1-4,6-9,19H,5,10-12H2,(H,23,27). The summed E-state index contributed by atoms with van der Waals surface area (Å²) in [7, 11) is 0. The third kappa shape index (κ3) is 4.09. The summed E-state index contributed by atoms with van der Waals surface area (Å²) in [6, 6.07) is 14.1. The Balaban J connectivity index is 1.59. The van der Waals surface area contributed by atoms with Gasteiger partial charge in [-0.25, -0.2) is 4.98 Å². The molecule has 0 saturated carbocycles. The SMILES string of the molecule is O=C(Cn1c(SC(F)F)nc2ccccc21)Nc1ccccc1N1CCCC1=O. The second-order valence-electron chi connectivity index (χ2n) is 6.56. The Bertz CT molecular complexity index is 1070. The molecule has 1 aromatic heterocycles. The van der Waals surface area contributed by atoms with Gasteiger partial charge in [-0.15, -0.1) is 0 Å². The summed E-state index contributed by atoms with van der Waals surface area (Å²) in [6.45, 7) is 0.435. The normalized spacial score (nSPS) is 14.2. The second-order valence-corrected chi connectivity index (χ2v) is 7.52. The minimum Gasteiger partial charge on any atom is -0.323 e. The van der Waals surface area contributed by atoms with Crippen molar-refractivity contribution in [2.45, 2.75) is 30.3 Å². The summed E-state index contributed by atoms with van der Waals surface area (Å²) in [5, 5.41) is 2.90. The van der Waals surface area contributed by atoms with E-state index in [-0.39, 0.29) is 23.5 Å². The van der Waals surface area contributed by atoms with Gasteiger partial charge in [-0.1, -0.05) is 24.3 Å². The third-order valence-corrected chi connectivity index (χ3v) is 5.36. The maximum absolute atomic E-state index is 12.9. The summed E-state index contributed by atoms with van der Waals surface area (Å²) in [6.07, 6.45) is 1.26. The molecule has 2 heterocycles. The molecule has 0 bridgehead atoms. The number of fused-ring (bicyclic) bond motifs is 1. The first-order chi connectivity index (χ1) is 14.0. The van der Waals surface area contributed by atoms with Gasteiger partial charge in [0.05, 0.1) is 22.4 Å². The Hall–Kier alpha value is -2.94. The zero-order valence-corrected chi connectivity index (χ0v) is 16.2. The fourth-order valence-corrected chi connectivity index (χ4v) is 4.03. The highest BCUT2D eigenvalue weighted by Crippen LogP contribution is 2.31. The molecular weight excluding hydrogens is 398 g/mol. The smallest absolute Gasteiger partial charge is 0.291 e. The van der Waals surface area contributed by atoms with Crippen molar-refractivity contribution in [3.8, 4) is 0 Å². The number of imidazole rings is 1. The van der Waals surface area contributed by atoms with Gasteiger partial charge < -0.3 is 14.8 Å². The Morgan fingerprint density at radius 1 is 1.17 bits per heavy atom. The molecule has 150 valence electrons. The molecule has 1 saturated heterocycles. The Kier molecular flexibility index (Phi) is 5.48. The lowest BCUT2D eigenvalue weighted by Gasteiger charge is -2.20. The van der Waals surface area contributed by atoms with Crippen molar-refractivity contribution in [1.82, 2.24) is 9.55 Å². The number of nitrogens with zero attached hydrogens (tertiary/aromatic N) is 3. The predicted octanol–water partition coefficient (Wildman–Crippen LogP) is 4.12. The maximum Gasteiger partial charge on any atom is 0.291 e. The van der Waals surface area contributed by atoms with Gasteiger partial charge in [0.15, 0.2) is 5.16 Å². The van der Waals surface area contributed by atoms with Crippen LogP contribution in [0.2, 0.25) is 0 Å². The highest BCUT2D eigenvalue weighted by atomic mass is 32.2. The Labute approximate surface area is 169 Å². The van der Waals surface area contributed by atoms with Gasteiger partial charge in [0.2, 0.25) is 11.8 Å². The largest absolute Gasteiger partial charge is 0.323 e. The fraction of sp³-hybridized carbons (Fsp3) is 0.250. The second kappa shape index (κ2) is 8.20. The molecule has 2 aromatic carbocycles. The van der Waals surface area contributed by atoms with Crippen molar-refractivity contribution in [2.24, 2.45) is 0 Å². The number of halogens is 2. The van der Waals surface area contributed by atoms with E-state index in [0.717, 1.165) is 6.42 Å². The first-order valence-electron chi connectivity index (χ1n) is 9.12. The molecular formula is C20H18F2N4O2S. The van der Waals surface area contributed by atoms with Gasteiger partial charge in [0.25, 0.3) is 5.76 Å². The van der Waals surface area contributed by atoms with Crippen molar-refractivity contribution >= 4 is 46.0 Å². The van der Waals surface area contributed by atoms with Crippen molar-refractivity contribution in [3.63, 3.8) is 0 Å². The summed E-state index contributed by atoms with van der Waals surface area (Å²) in [4.78, 5) is 30.7. The van der Waals surface area contributed by atoms with E-state index < -0.39 is 5.76 Å². The van der Waals surface area contributed by atoms with Crippen LogP contribution in [0.4, 0.5) is 20.2 Å². The minimum absolute atomic E-state index is 0.0166. The average molecular weight is 416 g/mol. The molecule has 0 spiro atoms. The van der Waals surface area contributed by atoms with Gasteiger partial charge in [-0.3, -0.25) is 9.59 Å². The first kappa shape index (κ1) is 19.4.